The summed E-state index contributed by atoms with van der Waals surface area (Å²) in [5.74, 6) is 0. The first kappa shape index (κ1) is 10.8. The lowest BCUT2D eigenvalue weighted by Gasteiger charge is -2.09. The van der Waals surface area contributed by atoms with E-state index in [0.29, 0.717) is 0 Å². The fraction of sp³-hybridized carbons (Fsp3) is 0.143. The molecule has 0 atom stereocenters. The molecule has 0 saturated heterocycles. The largest absolute Gasteiger partial charge is 0.379 e. The van der Waals surface area contributed by atoms with E-state index in [1.807, 2.05) is 48.4 Å². The fourth-order valence-electron chi connectivity index (χ4n) is 2.02. The maximum absolute atomic E-state index is 4.35. The van der Waals surface area contributed by atoms with Crippen LogP contribution in [0.15, 0.2) is 48.8 Å². The lowest BCUT2D eigenvalue weighted by molar-refractivity contribution is 0.721. The zero-order chi connectivity index (χ0) is 12.4. The Kier molecular flexibility index (Phi) is 2.68. The quantitative estimate of drug-likeness (QED) is 0.762. The van der Waals surface area contributed by atoms with Gasteiger partial charge in [0.2, 0.25) is 0 Å². The summed E-state index contributed by atoms with van der Waals surface area (Å²) >= 11 is 0. The topological polar surface area (TPSA) is 42.7 Å². The van der Waals surface area contributed by atoms with Crippen molar-refractivity contribution in [2.75, 3.05) is 5.32 Å². The fourth-order valence-corrected chi connectivity index (χ4v) is 2.02. The second-order valence-electron chi connectivity index (χ2n) is 4.18. The first-order valence-corrected chi connectivity index (χ1v) is 5.89. The van der Waals surface area contributed by atoms with Gasteiger partial charge in [-0.25, -0.2) is 0 Å². The monoisotopic (exact) mass is 238 g/mol. The second kappa shape index (κ2) is 4.49. The first-order chi connectivity index (χ1) is 8.84. The van der Waals surface area contributed by atoms with Crippen molar-refractivity contribution in [2.45, 2.75) is 6.54 Å². The number of anilines is 1. The number of aryl methyl sites for hydroxylation is 1. The molecule has 4 heteroatoms. The van der Waals surface area contributed by atoms with E-state index in [9.17, 15) is 0 Å². The van der Waals surface area contributed by atoms with Crippen LogP contribution in [0.1, 0.15) is 5.69 Å². The van der Waals surface area contributed by atoms with E-state index in [-0.39, 0.29) is 0 Å². The summed E-state index contributed by atoms with van der Waals surface area (Å²) in [7, 11) is 1.95. The van der Waals surface area contributed by atoms with E-state index in [0.717, 1.165) is 28.8 Å². The van der Waals surface area contributed by atoms with Crippen molar-refractivity contribution in [1.29, 1.82) is 0 Å². The van der Waals surface area contributed by atoms with E-state index in [1.54, 1.807) is 0 Å². The number of pyridine rings is 1. The Labute approximate surface area is 105 Å². The SMILES string of the molecule is Cn1nccc1CNc1cccc2ncccc12. The summed E-state index contributed by atoms with van der Waals surface area (Å²) in [6.07, 6.45) is 3.62. The van der Waals surface area contributed by atoms with Gasteiger partial charge in [-0.3, -0.25) is 9.67 Å². The van der Waals surface area contributed by atoms with Gasteiger partial charge in [0.25, 0.3) is 0 Å². The van der Waals surface area contributed by atoms with Crippen molar-refractivity contribution in [2.24, 2.45) is 7.05 Å². The highest BCUT2D eigenvalue weighted by atomic mass is 15.3. The lowest BCUT2D eigenvalue weighted by atomic mass is 10.2. The molecule has 90 valence electrons. The van der Waals surface area contributed by atoms with Gasteiger partial charge >= 0.3 is 0 Å². The van der Waals surface area contributed by atoms with Gasteiger partial charge in [-0.1, -0.05) is 6.07 Å². The van der Waals surface area contributed by atoms with Gasteiger partial charge in [0, 0.05) is 30.5 Å². The smallest absolute Gasteiger partial charge is 0.0722 e. The van der Waals surface area contributed by atoms with Crippen LogP contribution in [0, 0.1) is 0 Å². The van der Waals surface area contributed by atoms with E-state index in [2.05, 4.69) is 27.5 Å². The Morgan fingerprint density at radius 2 is 2.06 bits per heavy atom. The third-order valence-electron chi connectivity index (χ3n) is 3.03. The Morgan fingerprint density at radius 3 is 2.89 bits per heavy atom. The van der Waals surface area contributed by atoms with Gasteiger partial charge in [-0.2, -0.15) is 5.10 Å². The third-order valence-corrected chi connectivity index (χ3v) is 3.03. The van der Waals surface area contributed by atoms with Crippen molar-refractivity contribution in [3.63, 3.8) is 0 Å². The lowest BCUT2D eigenvalue weighted by Crippen LogP contribution is -2.05. The number of hydrogen-bond donors (Lipinski definition) is 1. The van der Waals surface area contributed by atoms with Crippen LogP contribution in [-0.4, -0.2) is 14.8 Å². The summed E-state index contributed by atoms with van der Waals surface area (Å²) in [5.41, 5.74) is 3.25. The number of nitrogens with one attached hydrogen (secondary N) is 1. The molecule has 3 rings (SSSR count). The molecule has 0 radical (unpaired) electrons. The number of nitrogens with zero attached hydrogens (tertiary/aromatic N) is 3. The number of hydrogen-bond acceptors (Lipinski definition) is 3. The van der Waals surface area contributed by atoms with Crippen molar-refractivity contribution in [1.82, 2.24) is 14.8 Å². The molecule has 0 aliphatic carbocycles. The summed E-state index contributed by atoms with van der Waals surface area (Å²) in [6, 6.07) is 12.1. The molecule has 2 heterocycles. The van der Waals surface area contributed by atoms with E-state index < -0.39 is 0 Å². The molecule has 1 N–H and O–H groups in total. The van der Waals surface area contributed by atoms with Crippen LogP contribution in [0.2, 0.25) is 0 Å². The number of aromatic nitrogens is 3. The Hall–Kier alpha value is -2.36. The predicted octanol–water partition coefficient (Wildman–Crippen LogP) is 2.58. The Balaban J connectivity index is 1.89. The maximum atomic E-state index is 4.35. The molecule has 0 unspecified atom stereocenters. The summed E-state index contributed by atoms with van der Waals surface area (Å²) in [6.45, 7) is 0.754. The highest BCUT2D eigenvalue weighted by Crippen LogP contribution is 2.21. The standard InChI is InChI=1S/C14H14N4/c1-18-11(7-9-17-18)10-16-14-6-2-5-13-12(14)4-3-8-15-13/h2-9,16H,10H2,1H3. The summed E-state index contributed by atoms with van der Waals surface area (Å²) < 4.78 is 1.87. The highest BCUT2D eigenvalue weighted by molar-refractivity contribution is 5.91. The van der Waals surface area contributed by atoms with Gasteiger partial charge < -0.3 is 5.32 Å². The average Bonchev–Trinajstić information content (AvgIpc) is 2.82. The molecule has 0 spiro atoms. The van der Waals surface area contributed by atoms with Gasteiger partial charge in [-0.05, 0) is 30.3 Å². The molecular formula is C14H14N4. The van der Waals surface area contributed by atoms with Crippen LogP contribution in [0.4, 0.5) is 5.69 Å². The minimum absolute atomic E-state index is 0.754. The van der Waals surface area contributed by atoms with Gasteiger partial charge in [0.15, 0.2) is 0 Å². The molecule has 0 amide bonds. The zero-order valence-electron chi connectivity index (χ0n) is 10.2. The second-order valence-corrected chi connectivity index (χ2v) is 4.18. The van der Waals surface area contributed by atoms with Crippen molar-refractivity contribution >= 4 is 16.6 Å². The molecule has 0 aliphatic heterocycles. The zero-order valence-corrected chi connectivity index (χ0v) is 10.2. The van der Waals surface area contributed by atoms with E-state index in [1.165, 1.54) is 0 Å². The maximum Gasteiger partial charge on any atom is 0.0722 e. The van der Waals surface area contributed by atoms with Gasteiger partial charge in [0.05, 0.1) is 17.8 Å². The van der Waals surface area contributed by atoms with Crippen LogP contribution < -0.4 is 5.32 Å². The minimum atomic E-state index is 0.754. The van der Waals surface area contributed by atoms with Crippen LogP contribution in [0.25, 0.3) is 10.9 Å². The van der Waals surface area contributed by atoms with Crippen LogP contribution in [-0.2, 0) is 13.6 Å². The Morgan fingerprint density at radius 1 is 1.11 bits per heavy atom. The molecule has 3 aromatic rings. The molecule has 1 aromatic carbocycles. The molecule has 0 aliphatic rings. The normalized spacial score (nSPS) is 10.7. The molecule has 0 fully saturated rings. The number of benzene rings is 1. The van der Waals surface area contributed by atoms with Gasteiger partial charge in [0.1, 0.15) is 0 Å². The minimum Gasteiger partial charge on any atom is -0.379 e. The van der Waals surface area contributed by atoms with Crippen molar-refractivity contribution in [3.05, 3.63) is 54.5 Å². The number of fused-ring (bicyclic) bond motifs is 1. The summed E-state index contributed by atoms with van der Waals surface area (Å²) in [4.78, 5) is 4.35. The average molecular weight is 238 g/mol. The van der Waals surface area contributed by atoms with E-state index in [4.69, 9.17) is 0 Å². The molecule has 0 bridgehead atoms. The highest BCUT2D eigenvalue weighted by Gasteiger charge is 2.02. The Bertz CT molecular complexity index is 667. The molecule has 2 aromatic heterocycles. The number of rotatable bonds is 3. The third kappa shape index (κ3) is 1.93. The van der Waals surface area contributed by atoms with Crippen molar-refractivity contribution < 1.29 is 0 Å². The molecular weight excluding hydrogens is 224 g/mol. The molecule has 0 saturated carbocycles. The van der Waals surface area contributed by atoms with Crippen LogP contribution >= 0.6 is 0 Å². The molecule has 4 nitrogen and oxygen atoms in total. The molecule has 18 heavy (non-hydrogen) atoms. The van der Waals surface area contributed by atoms with Gasteiger partial charge in [-0.15, -0.1) is 0 Å². The van der Waals surface area contributed by atoms with Crippen LogP contribution in [0.3, 0.4) is 0 Å². The van der Waals surface area contributed by atoms with Crippen LogP contribution in [0.5, 0.6) is 0 Å². The summed E-state index contributed by atoms with van der Waals surface area (Å²) in [5, 5.41) is 8.73. The van der Waals surface area contributed by atoms with E-state index >= 15 is 0 Å². The predicted molar refractivity (Wildman–Crippen MR) is 72.3 cm³/mol. The first-order valence-electron chi connectivity index (χ1n) is 5.89. The van der Waals surface area contributed by atoms with Crippen molar-refractivity contribution in [3.8, 4) is 0 Å².